The predicted molar refractivity (Wildman–Crippen MR) is 87.8 cm³/mol. The molecule has 1 saturated heterocycles. The summed E-state index contributed by atoms with van der Waals surface area (Å²) < 4.78 is 5.27. The van der Waals surface area contributed by atoms with E-state index in [9.17, 15) is 0 Å². The molecule has 1 N–H and O–H groups in total. The average molecular weight is 288 g/mol. The van der Waals surface area contributed by atoms with Crippen LogP contribution >= 0.6 is 0 Å². The van der Waals surface area contributed by atoms with Crippen LogP contribution in [0.25, 0.3) is 0 Å². The summed E-state index contributed by atoms with van der Waals surface area (Å²) >= 11 is 0. The quantitative estimate of drug-likeness (QED) is 0.923. The van der Waals surface area contributed by atoms with E-state index in [1.165, 1.54) is 49.8 Å². The Hall–Kier alpha value is -1.06. The van der Waals surface area contributed by atoms with Gasteiger partial charge in [0.05, 0.1) is 6.61 Å². The van der Waals surface area contributed by atoms with E-state index in [1.54, 1.807) is 7.11 Å². The highest BCUT2D eigenvalue weighted by Gasteiger charge is 2.34. The van der Waals surface area contributed by atoms with Crippen molar-refractivity contribution < 1.29 is 4.74 Å². The van der Waals surface area contributed by atoms with Crippen LogP contribution in [0.2, 0.25) is 0 Å². The van der Waals surface area contributed by atoms with Gasteiger partial charge < -0.3 is 15.0 Å². The Kier molecular flexibility index (Phi) is 4.81. The minimum absolute atomic E-state index is 0.353. The van der Waals surface area contributed by atoms with Crippen LogP contribution < -0.4 is 10.2 Å². The molecule has 1 saturated carbocycles. The monoisotopic (exact) mass is 288 g/mol. The largest absolute Gasteiger partial charge is 0.380 e. The molecule has 0 radical (unpaired) electrons. The lowest BCUT2D eigenvalue weighted by atomic mass is 9.81. The smallest absolute Gasteiger partial charge is 0.0713 e. The second-order valence-electron chi connectivity index (χ2n) is 6.65. The van der Waals surface area contributed by atoms with Crippen molar-refractivity contribution in [2.75, 3.05) is 31.6 Å². The number of hydrogen-bond donors (Lipinski definition) is 1. The second-order valence-corrected chi connectivity index (χ2v) is 6.65. The van der Waals surface area contributed by atoms with Crippen molar-refractivity contribution in [2.45, 2.75) is 50.7 Å². The highest BCUT2D eigenvalue weighted by molar-refractivity contribution is 5.49. The van der Waals surface area contributed by atoms with Crippen LogP contribution in [-0.4, -0.2) is 32.3 Å². The standard InChI is InChI=1S/C18H28N2O/c1-21-14-16-7-5-8-17(13-16)20-12-6-11-19-18(15-20)9-3-2-4-10-18/h5,7-8,13,19H,2-4,6,9-12,14-15H2,1H3. The van der Waals surface area contributed by atoms with E-state index in [1.807, 2.05) is 0 Å². The summed E-state index contributed by atoms with van der Waals surface area (Å²) in [6.07, 6.45) is 8.07. The fourth-order valence-electron chi connectivity index (χ4n) is 3.92. The lowest BCUT2D eigenvalue weighted by molar-refractivity contribution is 0.185. The lowest BCUT2D eigenvalue weighted by Crippen LogP contribution is -2.52. The van der Waals surface area contributed by atoms with Crippen molar-refractivity contribution in [1.29, 1.82) is 0 Å². The maximum Gasteiger partial charge on any atom is 0.0713 e. The minimum atomic E-state index is 0.353. The van der Waals surface area contributed by atoms with Gasteiger partial charge in [-0.25, -0.2) is 0 Å². The van der Waals surface area contributed by atoms with Crippen LogP contribution in [0.15, 0.2) is 24.3 Å². The molecule has 1 aliphatic carbocycles. The Morgan fingerprint density at radius 1 is 1.19 bits per heavy atom. The van der Waals surface area contributed by atoms with Gasteiger partial charge in [-0.05, 0) is 43.5 Å². The van der Waals surface area contributed by atoms with E-state index in [0.717, 1.165) is 19.6 Å². The third-order valence-corrected chi connectivity index (χ3v) is 5.00. The summed E-state index contributed by atoms with van der Waals surface area (Å²) in [6.45, 7) is 4.17. The van der Waals surface area contributed by atoms with E-state index < -0.39 is 0 Å². The summed E-state index contributed by atoms with van der Waals surface area (Å²) in [5.41, 5.74) is 2.98. The zero-order chi connectivity index (χ0) is 14.5. The number of nitrogens with zero attached hydrogens (tertiary/aromatic N) is 1. The Morgan fingerprint density at radius 3 is 2.86 bits per heavy atom. The van der Waals surface area contributed by atoms with Crippen molar-refractivity contribution >= 4 is 5.69 Å². The second kappa shape index (κ2) is 6.80. The molecule has 3 heteroatoms. The van der Waals surface area contributed by atoms with Gasteiger partial charge >= 0.3 is 0 Å². The topological polar surface area (TPSA) is 24.5 Å². The van der Waals surface area contributed by atoms with Crippen molar-refractivity contribution in [1.82, 2.24) is 5.32 Å². The molecule has 1 aromatic rings. The van der Waals surface area contributed by atoms with E-state index >= 15 is 0 Å². The molecule has 1 aliphatic heterocycles. The molecule has 0 atom stereocenters. The fraction of sp³-hybridized carbons (Fsp3) is 0.667. The first kappa shape index (κ1) is 14.9. The Morgan fingerprint density at radius 2 is 2.05 bits per heavy atom. The van der Waals surface area contributed by atoms with Crippen LogP contribution in [-0.2, 0) is 11.3 Å². The van der Waals surface area contributed by atoms with Gasteiger partial charge in [0.1, 0.15) is 0 Å². The van der Waals surface area contributed by atoms with Crippen LogP contribution in [0.4, 0.5) is 5.69 Å². The number of nitrogens with one attached hydrogen (secondary N) is 1. The van der Waals surface area contributed by atoms with Crippen molar-refractivity contribution in [3.63, 3.8) is 0 Å². The van der Waals surface area contributed by atoms with E-state index in [2.05, 4.69) is 34.5 Å². The van der Waals surface area contributed by atoms with Gasteiger partial charge in [-0.3, -0.25) is 0 Å². The Bertz CT molecular complexity index is 454. The third kappa shape index (κ3) is 3.58. The zero-order valence-electron chi connectivity index (χ0n) is 13.2. The summed E-state index contributed by atoms with van der Waals surface area (Å²) in [4.78, 5) is 2.59. The average Bonchev–Trinajstić information content (AvgIpc) is 2.72. The van der Waals surface area contributed by atoms with E-state index in [0.29, 0.717) is 12.1 Å². The maximum atomic E-state index is 5.27. The number of anilines is 1. The molecular formula is C18H28N2O. The Balaban J connectivity index is 1.78. The first-order valence-electron chi connectivity index (χ1n) is 8.39. The number of methoxy groups -OCH3 is 1. The van der Waals surface area contributed by atoms with Gasteiger partial charge in [0.25, 0.3) is 0 Å². The highest BCUT2D eigenvalue weighted by atomic mass is 16.5. The SMILES string of the molecule is COCc1cccc(N2CCCNC3(CCCCC3)C2)c1. The molecular weight excluding hydrogens is 260 g/mol. The molecule has 0 unspecified atom stereocenters. The first-order chi connectivity index (χ1) is 10.3. The van der Waals surface area contributed by atoms with E-state index in [-0.39, 0.29) is 0 Å². The molecule has 21 heavy (non-hydrogen) atoms. The fourth-order valence-corrected chi connectivity index (χ4v) is 3.92. The first-order valence-corrected chi connectivity index (χ1v) is 8.39. The van der Waals surface area contributed by atoms with Crippen LogP contribution in [0.5, 0.6) is 0 Å². The van der Waals surface area contributed by atoms with Gasteiger partial charge in [-0.1, -0.05) is 31.4 Å². The van der Waals surface area contributed by atoms with Crippen LogP contribution in [0.1, 0.15) is 44.1 Å². The van der Waals surface area contributed by atoms with Gasteiger partial charge in [0.15, 0.2) is 0 Å². The van der Waals surface area contributed by atoms with Gasteiger partial charge in [0, 0.05) is 31.4 Å². The van der Waals surface area contributed by atoms with Crippen molar-refractivity contribution in [3.05, 3.63) is 29.8 Å². The predicted octanol–water partition coefficient (Wildman–Crippen LogP) is 3.34. The van der Waals surface area contributed by atoms with Gasteiger partial charge in [0.2, 0.25) is 0 Å². The number of hydrogen-bond acceptors (Lipinski definition) is 3. The summed E-state index contributed by atoms with van der Waals surface area (Å²) in [7, 11) is 1.76. The molecule has 3 rings (SSSR count). The van der Waals surface area contributed by atoms with Gasteiger partial charge in [-0.2, -0.15) is 0 Å². The van der Waals surface area contributed by atoms with Crippen LogP contribution in [0, 0.1) is 0 Å². The molecule has 0 bridgehead atoms. The summed E-state index contributed by atoms with van der Waals surface area (Å²) in [6, 6.07) is 8.86. The molecule has 0 aromatic heterocycles. The molecule has 2 aliphatic rings. The van der Waals surface area contributed by atoms with Crippen molar-refractivity contribution in [3.8, 4) is 0 Å². The Labute approximate surface area is 128 Å². The van der Waals surface area contributed by atoms with E-state index in [4.69, 9.17) is 4.74 Å². The van der Waals surface area contributed by atoms with Crippen molar-refractivity contribution in [2.24, 2.45) is 0 Å². The highest BCUT2D eigenvalue weighted by Crippen LogP contribution is 2.32. The number of benzene rings is 1. The number of rotatable bonds is 3. The number of ether oxygens (including phenoxy) is 1. The van der Waals surface area contributed by atoms with Crippen LogP contribution in [0.3, 0.4) is 0 Å². The zero-order valence-corrected chi connectivity index (χ0v) is 13.2. The minimum Gasteiger partial charge on any atom is -0.380 e. The molecule has 2 fully saturated rings. The molecule has 1 aromatic carbocycles. The summed E-state index contributed by atoms with van der Waals surface area (Å²) in [5, 5.41) is 3.87. The lowest BCUT2D eigenvalue weighted by Gasteiger charge is -2.40. The molecule has 3 nitrogen and oxygen atoms in total. The third-order valence-electron chi connectivity index (χ3n) is 5.00. The maximum absolute atomic E-state index is 5.27. The molecule has 0 amide bonds. The van der Waals surface area contributed by atoms with Gasteiger partial charge in [-0.15, -0.1) is 0 Å². The molecule has 1 spiro atoms. The molecule has 1 heterocycles. The summed E-state index contributed by atoms with van der Waals surface area (Å²) in [5.74, 6) is 0. The molecule has 116 valence electrons. The normalized spacial score (nSPS) is 22.2.